The Morgan fingerprint density at radius 2 is 2.29 bits per heavy atom. The van der Waals surface area contributed by atoms with Crippen LogP contribution < -0.4 is 10.6 Å². The third kappa shape index (κ3) is 6.20. The van der Waals surface area contributed by atoms with Gasteiger partial charge in [0.25, 0.3) is 0 Å². The first-order chi connectivity index (χ1) is 9.71. The van der Waals surface area contributed by atoms with Crippen molar-refractivity contribution in [1.29, 1.82) is 0 Å². The van der Waals surface area contributed by atoms with Crippen molar-refractivity contribution in [2.45, 2.75) is 37.1 Å². The van der Waals surface area contributed by atoms with Crippen LogP contribution in [0.1, 0.15) is 24.8 Å². The fourth-order valence-electron chi connectivity index (χ4n) is 2.37. The molecular formula is C14H22ClIN4S. The number of hydrogen-bond donors (Lipinski definition) is 2. The Morgan fingerprint density at radius 3 is 2.86 bits per heavy atom. The largest absolute Gasteiger partial charge is 0.354 e. The maximum absolute atomic E-state index is 5.77. The van der Waals surface area contributed by atoms with Crippen LogP contribution in [-0.2, 0) is 6.54 Å². The van der Waals surface area contributed by atoms with E-state index in [0.29, 0.717) is 17.7 Å². The van der Waals surface area contributed by atoms with E-state index in [-0.39, 0.29) is 24.0 Å². The summed E-state index contributed by atoms with van der Waals surface area (Å²) in [6.45, 7) is 0.697. The summed E-state index contributed by atoms with van der Waals surface area (Å²) in [5.74, 6) is 0.853. The molecule has 0 bridgehead atoms. The molecule has 1 aliphatic carbocycles. The molecule has 1 aromatic rings. The number of aliphatic imine (C=N–C) groups is 1. The lowest BCUT2D eigenvalue weighted by Crippen LogP contribution is -2.42. The van der Waals surface area contributed by atoms with Crippen LogP contribution in [0.15, 0.2) is 23.3 Å². The van der Waals surface area contributed by atoms with E-state index in [9.17, 15) is 0 Å². The molecule has 2 rings (SSSR count). The summed E-state index contributed by atoms with van der Waals surface area (Å²) >= 11 is 7.73. The second kappa shape index (κ2) is 9.74. The van der Waals surface area contributed by atoms with Crippen molar-refractivity contribution in [3.63, 3.8) is 0 Å². The van der Waals surface area contributed by atoms with Gasteiger partial charge < -0.3 is 10.6 Å². The first kappa shape index (κ1) is 18.8. The average molecular weight is 441 g/mol. The van der Waals surface area contributed by atoms with Gasteiger partial charge in [0.05, 0.1) is 0 Å². The van der Waals surface area contributed by atoms with Crippen LogP contribution >= 0.6 is 47.3 Å². The Balaban J connectivity index is 0.00000220. The predicted molar refractivity (Wildman–Crippen MR) is 103 cm³/mol. The molecule has 0 radical (unpaired) electrons. The summed E-state index contributed by atoms with van der Waals surface area (Å²) in [7, 11) is 1.80. The Bertz CT molecular complexity index is 455. The number of pyridine rings is 1. The molecule has 2 N–H and O–H groups in total. The fourth-order valence-corrected chi connectivity index (χ4v) is 3.28. The number of rotatable bonds is 4. The van der Waals surface area contributed by atoms with Gasteiger partial charge in [-0.15, -0.1) is 24.0 Å². The minimum absolute atomic E-state index is 0. The van der Waals surface area contributed by atoms with Crippen molar-refractivity contribution < 1.29 is 0 Å². The molecule has 4 nitrogen and oxygen atoms in total. The van der Waals surface area contributed by atoms with Crippen molar-refractivity contribution >= 4 is 53.3 Å². The topological polar surface area (TPSA) is 49.3 Å². The highest BCUT2D eigenvalue weighted by Gasteiger charge is 2.24. The lowest BCUT2D eigenvalue weighted by atomic mass is 10.2. The van der Waals surface area contributed by atoms with Crippen molar-refractivity contribution in [2.75, 3.05) is 13.3 Å². The molecule has 2 atom stereocenters. The van der Waals surface area contributed by atoms with E-state index in [0.717, 1.165) is 16.8 Å². The van der Waals surface area contributed by atoms with Gasteiger partial charge in [-0.1, -0.05) is 17.7 Å². The third-order valence-electron chi connectivity index (χ3n) is 3.53. The molecule has 1 fully saturated rings. The molecule has 0 aliphatic heterocycles. The molecule has 1 heterocycles. The normalized spacial score (nSPS) is 21.8. The molecule has 118 valence electrons. The van der Waals surface area contributed by atoms with Crippen molar-refractivity contribution in [1.82, 2.24) is 15.6 Å². The van der Waals surface area contributed by atoms with E-state index in [1.807, 2.05) is 17.8 Å². The first-order valence-corrected chi connectivity index (χ1v) is 8.48. The van der Waals surface area contributed by atoms with Gasteiger partial charge in [-0.25, -0.2) is 4.98 Å². The number of hydrogen-bond acceptors (Lipinski definition) is 3. The lowest BCUT2D eigenvalue weighted by molar-refractivity contribution is 0.614. The SMILES string of the molecule is CN=C(NCc1ccc(Cl)nc1)NC1CCC(SC)C1.I. The summed E-state index contributed by atoms with van der Waals surface area (Å²) in [6.07, 6.45) is 7.69. The highest BCUT2D eigenvalue weighted by molar-refractivity contribution is 14.0. The molecular weight excluding hydrogens is 419 g/mol. The van der Waals surface area contributed by atoms with Crippen LogP contribution in [0.2, 0.25) is 5.15 Å². The maximum atomic E-state index is 5.77. The van der Waals surface area contributed by atoms with Crippen LogP contribution in [-0.4, -0.2) is 35.5 Å². The first-order valence-electron chi connectivity index (χ1n) is 6.81. The molecule has 7 heteroatoms. The van der Waals surface area contributed by atoms with E-state index < -0.39 is 0 Å². The molecule has 1 aliphatic rings. The summed E-state index contributed by atoms with van der Waals surface area (Å²) in [6, 6.07) is 4.30. The summed E-state index contributed by atoms with van der Waals surface area (Å²) in [4.78, 5) is 8.35. The van der Waals surface area contributed by atoms with E-state index in [1.165, 1.54) is 19.3 Å². The lowest BCUT2D eigenvalue weighted by Gasteiger charge is -2.17. The zero-order valence-corrected chi connectivity index (χ0v) is 16.2. The Labute approximate surface area is 152 Å². The van der Waals surface area contributed by atoms with Crippen LogP contribution in [0.4, 0.5) is 0 Å². The number of nitrogens with one attached hydrogen (secondary N) is 2. The van der Waals surface area contributed by atoms with Gasteiger partial charge in [-0.2, -0.15) is 11.8 Å². The molecule has 2 unspecified atom stereocenters. The van der Waals surface area contributed by atoms with Crippen LogP contribution in [0, 0.1) is 0 Å². The summed E-state index contributed by atoms with van der Waals surface area (Å²) < 4.78 is 0. The summed E-state index contributed by atoms with van der Waals surface area (Å²) in [5, 5.41) is 8.11. The van der Waals surface area contributed by atoms with E-state index in [1.54, 1.807) is 19.3 Å². The molecule has 1 aromatic heterocycles. The third-order valence-corrected chi connectivity index (χ3v) is 4.85. The summed E-state index contributed by atoms with van der Waals surface area (Å²) in [5.41, 5.74) is 1.09. The molecule has 0 aromatic carbocycles. The van der Waals surface area contributed by atoms with Gasteiger partial charge in [-0.3, -0.25) is 4.99 Å². The minimum Gasteiger partial charge on any atom is -0.354 e. The minimum atomic E-state index is 0. The van der Waals surface area contributed by atoms with Crippen LogP contribution in [0.25, 0.3) is 0 Å². The highest BCUT2D eigenvalue weighted by Crippen LogP contribution is 2.27. The van der Waals surface area contributed by atoms with E-state index in [4.69, 9.17) is 11.6 Å². The standard InChI is InChI=1S/C14H21ClN4S.HI/c1-16-14(19-11-4-5-12(7-11)20-2)18-9-10-3-6-13(15)17-8-10;/h3,6,8,11-12H,4-5,7,9H2,1-2H3,(H2,16,18,19);1H. The average Bonchev–Trinajstić information content (AvgIpc) is 2.93. The zero-order valence-electron chi connectivity index (χ0n) is 12.3. The molecule has 1 saturated carbocycles. The zero-order chi connectivity index (χ0) is 14.4. The van der Waals surface area contributed by atoms with E-state index >= 15 is 0 Å². The monoisotopic (exact) mass is 440 g/mol. The number of guanidine groups is 1. The van der Waals surface area contributed by atoms with Gasteiger partial charge in [0.2, 0.25) is 0 Å². The highest BCUT2D eigenvalue weighted by atomic mass is 127. The number of nitrogens with zero attached hydrogens (tertiary/aromatic N) is 2. The van der Waals surface area contributed by atoms with Gasteiger partial charge in [0.15, 0.2) is 5.96 Å². The number of halogens is 2. The maximum Gasteiger partial charge on any atom is 0.191 e. The van der Waals surface area contributed by atoms with Crippen molar-refractivity contribution in [3.8, 4) is 0 Å². The van der Waals surface area contributed by atoms with E-state index in [2.05, 4.69) is 26.9 Å². The quantitative estimate of drug-likeness (QED) is 0.326. The van der Waals surface area contributed by atoms with Crippen molar-refractivity contribution in [2.24, 2.45) is 4.99 Å². The molecule has 0 saturated heterocycles. The van der Waals surface area contributed by atoms with Crippen molar-refractivity contribution in [3.05, 3.63) is 29.0 Å². The smallest absolute Gasteiger partial charge is 0.191 e. The van der Waals surface area contributed by atoms with Gasteiger partial charge in [-0.05, 0) is 37.1 Å². The second-order valence-corrected chi connectivity index (χ2v) is 6.45. The molecule has 21 heavy (non-hydrogen) atoms. The Kier molecular flexibility index (Phi) is 8.73. The fraction of sp³-hybridized carbons (Fsp3) is 0.571. The second-order valence-electron chi connectivity index (χ2n) is 4.93. The number of thioether (sulfide) groups is 1. The van der Waals surface area contributed by atoms with Gasteiger partial charge in [0, 0.05) is 31.1 Å². The predicted octanol–water partition coefficient (Wildman–Crippen LogP) is 3.30. The van der Waals surface area contributed by atoms with Crippen LogP contribution in [0.3, 0.4) is 0 Å². The molecule has 0 spiro atoms. The molecule has 0 amide bonds. The van der Waals surface area contributed by atoms with Gasteiger partial charge >= 0.3 is 0 Å². The Hall–Kier alpha value is -0.210. The number of aromatic nitrogens is 1. The van der Waals surface area contributed by atoms with Gasteiger partial charge in [0.1, 0.15) is 5.15 Å². The Morgan fingerprint density at radius 1 is 1.48 bits per heavy atom. The van der Waals surface area contributed by atoms with Crippen LogP contribution in [0.5, 0.6) is 0 Å².